The van der Waals surface area contributed by atoms with Crippen LogP contribution in [0.5, 0.6) is 11.6 Å². The van der Waals surface area contributed by atoms with Crippen LogP contribution in [0.25, 0.3) is 10.9 Å². The van der Waals surface area contributed by atoms with Crippen LogP contribution in [0.4, 0.5) is 0 Å². The van der Waals surface area contributed by atoms with E-state index < -0.39 is 0 Å². The van der Waals surface area contributed by atoms with Crippen molar-refractivity contribution in [2.75, 3.05) is 13.1 Å². The third-order valence-electron chi connectivity index (χ3n) is 5.06. The molecule has 1 aliphatic heterocycles. The molecule has 0 radical (unpaired) electrons. The Morgan fingerprint density at radius 1 is 1.28 bits per heavy atom. The second kappa shape index (κ2) is 7.28. The van der Waals surface area contributed by atoms with E-state index in [1.807, 2.05) is 24.3 Å². The van der Waals surface area contributed by atoms with Crippen LogP contribution in [-0.4, -0.2) is 34.0 Å². The van der Waals surface area contributed by atoms with Crippen LogP contribution in [0.3, 0.4) is 0 Å². The van der Waals surface area contributed by atoms with Crippen LogP contribution in [0.1, 0.15) is 31.7 Å². The lowest BCUT2D eigenvalue weighted by Crippen LogP contribution is -2.31. The molecule has 3 heterocycles. The predicted molar refractivity (Wildman–Crippen MR) is 101 cm³/mol. The Labute approximate surface area is 148 Å². The Kier molecular flexibility index (Phi) is 4.70. The van der Waals surface area contributed by atoms with Crippen molar-refractivity contribution in [2.45, 2.75) is 38.6 Å². The van der Waals surface area contributed by atoms with Gasteiger partial charge in [0.2, 0.25) is 5.88 Å². The predicted octanol–water partition coefficient (Wildman–Crippen LogP) is 4.77. The van der Waals surface area contributed by atoms with E-state index in [0.717, 1.165) is 12.2 Å². The quantitative estimate of drug-likeness (QED) is 0.705. The summed E-state index contributed by atoms with van der Waals surface area (Å²) in [5, 5.41) is 1.26. The van der Waals surface area contributed by atoms with Gasteiger partial charge < -0.3 is 14.6 Å². The lowest BCUT2D eigenvalue weighted by Gasteiger charge is -2.23. The van der Waals surface area contributed by atoms with Crippen molar-refractivity contribution in [3.8, 4) is 11.6 Å². The van der Waals surface area contributed by atoms with Gasteiger partial charge in [-0.15, -0.1) is 0 Å². The number of aromatic nitrogens is 2. The molecule has 1 fully saturated rings. The number of ether oxygens (including phenoxy) is 1. The van der Waals surface area contributed by atoms with E-state index in [2.05, 4.69) is 40.1 Å². The van der Waals surface area contributed by atoms with Crippen LogP contribution in [-0.2, 0) is 6.42 Å². The van der Waals surface area contributed by atoms with Crippen molar-refractivity contribution in [3.05, 3.63) is 54.4 Å². The molecule has 0 amide bonds. The summed E-state index contributed by atoms with van der Waals surface area (Å²) in [6.07, 6.45) is 8.87. The Morgan fingerprint density at radius 2 is 2.24 bits per heavy atom. The first kappa shape index (κ1) is 16.2. The minimum absolute atomic E-state index is 0.629. The van der Waals surface area contributed by atoms with Gasteiger partial charge in [-0.25, -0.2) is 4.98 Å². The smallest absolute Gasteiger partial charge is 0.219 e. The minimum Gasteiger partial charge on any atom is -0.439 e. The zero-order chi connectivity index (χ0) is 17.1. The standard InChI is InChI=1S/C21H25N3O/c1-2-11-24-12-5-6-17(24)13-16-15-23-20-9-8-18(14-19(16)20)25-21-7-3-4-10-22-21/h3-4,7-10,14-15,17,23H,2,5-6,11-13H2,1H3. The number of fused-ring (bicyclic) bond motifs is 1. The Balaban J connectivity index is 1.56. The van der Waals surface area contributed by atoms with E-state index in [0.29, 0.717) is 11.9 Å². The highest BCUT2D eigenvalue weighted by molar-refractivity contribution is 5.84. The maximum atomic E-state index is 5.91. The molecular weight excluding hydrogens is 310 g/mol. The highest BCUT2D eigenvalue weighted by Gasteiger charge is 2.24. The maximum Gasteiger partial charge on any atom is 0.219 e. The van der Waals surface area contributed by atoms with E-state index in [9.17, 15) is 0 Å². The number of pyridine rings is 1. The molecule has 25 heavy (non-hydrogen) atoms. The zero-order valence-corrected chi connectivity index (χ0v) is 14.7. The fourth-order valence-electron chi connectivity index (χ4n) is 3.88. The Morgan fingerprint density at radius 3 is 3.08 bits per heavy atom. The van der Waals surface area contributed by atoms with Gasteiger partial charge in [-0.2, -0.15) is 0 Å². The largest absolute Gasteiger partial charge is 0.439 e. The summed E-state index contributed by atoms with van der Waals surface area (Å²) < 4.78 is 5.91. The molecule has 1 aromatic carbocycles. The molecule has 3 aromatic rings. The minimum atomic E-state index is 0.629. The molecule has 0 spiro atoms. The van der Waals surface area contributed by atoms with Crippen LogP contribution in [0.2, 0.25) is 0 Å². The van der Waals surface area contributed by atoms with Crippen molar-refractivity contribution in [1.29, 1.82) is 0 Å². The van der Waals surface area contributed by atoms with Crippen LogP contribution >= 0.6 is 0 Å². The molecule has 130 valence electrons. The summed E-state index contributed by atoms with van der Waals surface area (Å²) in [6, 6.07) is 12.6. The summed E-state index contributed by atoms with van der Waals surface area (Å²) in [4.78, 5) is 10.3. The van der Waals surface area contributed by atoms with E-state index in [1.165, 1.54) is 48.8 Å². The van der Waals surface area contributed by atoms with Gasteiger partial charge in [-0.1, -0.05) is 13.0 Å². The van der Waals surface area contributed by atoms with Crippen LogP contribution < -0.4 is 4.74 Å². The first-order valence-electron chi connectivity index (χ1n) is 9.26. The van der Waals surface area contributed by atoms with Crippen LogP contribution in [0, 0.1) is 0 Å². The Hall–Kier alpha value is -2.33. The number of H-pyrrole nitrogens is 1. The van der Waals surface area contributed by atoms with Gasteiger partial charge in [0.25, 0.3) is 0 Å². The molecule has 4 heteroatoms. The fourth-order valence-corrected chi connectivity index (χ4v) is 3.88. The van der Waals surface area contributed by atoms with Gasteiger partial charge in [-0.05, 0) is 68.6 Å². The average Bonchev–Trinajstić information content (AvgIpc) is 3.24. The third kappa shape index (κ3) is 3.54. The number of benzene rings is 1. The molecule has 1 aliphatic rings. The molecule has 0 aliphatic carbocycles. The number of nitrogens with zero attached hydrogens (tertiary/aromatic N) is 2. The maximum absolute atomic E-state index is 5.91. The number of hydrogen-bond acceptors (Lipinski definition) is 3. The highest BCUT2D eigenvalue weighted by atomic mass is 16.5. The van der Waals surface area contributed by atoms with Gasteiger partial charge in [0.05, 0.1) is 0 Å². The van der Waals surface area contributed by atoms with Crippen molar-refractivity contribution in [3.63, 3.8) is 0 Å². The van der Waals surface area contributed by atoms with Crippen LogP contribution in [0.15, 0.2) is 48.8 Å². The van der Waals surface area contributed by atoms with Crippen molar-refractivity contribution in [1.82, 2.24) is 14.9 Å². The van der Waals surface area contributed by atoms with Gasteiger partial charge in [0.1, 0.15) is 5.75 Å². The zero-order valence-electron chi connectivity index (χ0n) is 14.7. The molecular formula is C21H25N3O. The molecule has 1 saturated heterocycles. The molecule has 4 nitrogen and oxygen atoms in total. The van der Waals surface area contributed by atoms with Gasteiger partial charge in [-0.3, -0.25) is 0 Å². The highest BCUT2D eigenvalue weighted by Crippen LogP contribution is 2.29. The molecule has 2 aromatic heterocycles. The molecule has 1 N–H and O–H groups in total. The summed E-state index contributed by atoms with van der Waals surface area (Å²) in [5.41, 5.74) is 2.55. The molecule has 0 saturated carbocycles. The Bertz CT molecular complexity index is 828. The summed E-state index contributed by atoms with van der Waals surface area (Å²) >= 11 is 0. The molecule has 1 unspecified atom stereocenters. The first-order valence-corrected chi connectivity index (χ1v) is 9.26. The average molecular weight is 335 g/mol. The summed E-state index contributed by atoms with van der Waals surface area (Å²) in [5.74, 6) is 1.47. The second-order valence-electron chi connectivity index (χ2n) is 6.83. The molecule has 1 atom stereocenters. The normalized spacial score (nSPS) is 18.0. The van der Waals surface area contributed by atoms with Gasteiger partial charge in [0, 0.05) is 35.4 Å². The summed E-state index contributed by atoms with van der Waals surface area (Å²) in [7, 11) is 0. The number of rotatable bonds is 6. The van der Waals surface area contributed by atoms with E-state index in [1.54, 1.807) is 6.20 Å². The number of aromatic amines is 1. The van der Waals surface area contributed by atoms with Crippen molar-refractivity contribution in [2.24, 2.45) is 0 Å². The lowest BCUT2D eigenvalue weighted by atomic mass is 10.0. The fraction of sp³-hybridized carbons (Fsp3) is 0.381. The lowest BCUT2D eigenvalue weighted by molar-refractivity contribution is 0.253. The van der Waals surface area contributed by atoms with Gasteiger partial charge >= 0.3 is 0 Å². The number of hydrogen-bond donors (Lipinski definition) is 1. The summed E-state index contributed by atoms with van der Waals surface area (Å²) in [6.45, 7) is 4.72. The second-order valence-corrected chi connectivity index (χ2v) is 6.83. The van der Waals surface area contributed by atoms with Gasteiger partial charge in [0.15, 0.2) is 0 Å². The topological polar surface area (TPSA) is 41.2 Å². The number of nitrogens with one attached hydrogen (secondary N) is 1. The monoisotopic (exact) mass is 335 g/mol. The molecule has 4 rings (SSSR count). The van der Waals surface area contributed by atoms with E-state index >= 15 is 0 Å². The SMILES string of the molecule is CCCN1CCCC1Cc1c[nH]c2ccc(Oc3ccccn3)cc12. The van der Waals surface area contributed by atoms with E-state index in [-0.39, 0.29) is 0 Å². The van der Waals surface area contributed by atoms with Crippen molar-refractivity contribution < 1.29 is 4.74 Å². The molecule has 0 bridgehead atoms. The third-order valence-corrected chi connectivity index (χ3v) is 5.06. The first-order chi connectivity index (χ1) is 12.3. The van der Waals surface area contributed by atoms with E-state index in [4.69, 9.17) is 4.74 Å². The number of likely N-dealkylation sites (tertiary alicyclic amines) is 1. The van der Waals surface area contributed by atoms with Crippen molar-refractivity contribution >= 4 is 10.9 Å².